The van der Waals surface area contributed by atoms with E-state index in [0.717, 1.165) is 16.9 Å². The molecule has 1 amide bonds. The Morgan fingerprint density at radius 2 is 2.26 bits per heavy atom. The summed E-state index contributed by atoms with van der Waals surface area (Å²) in [4.78, 5) is 23.3. The Labute approximate surface area is 113 Å². The zero-order valence-corrected chi connectivity index (χ0v) is 10.9. The van der Waals surface area contributed by atoms with Gasteiger partial charge in [0.1, 0.15) is 11.5 Å². The number of benzene rings is 1. The van der Waals surface area contributed by atoms with Crippen molar-refractivity contribution in [1.82, 2.24) is 20.3 Å². The third-order valence-electron chi connectivity index (χ3n) is 2.75. The number of H-pyrrole nitrogens is 1. The lowest BCUT2D eigenvalue weighted by Gasteiger charge is -2.00. The molecule has 0 bridgehead atoms. The Hall–Kier alpha value is -2.21. The molecule has 2 aromatic heterocycles. The van der Waals surface area contributed by atoms with E-state index >= 15 is 0 Å². The quantitative estimate of drug-likeness (QED) is 0.763. The smallest absolute Gasteiger partial charge is 0.270 e. The SMILES string of the molecule is O=C(NCCc1nc2ccccc2[nH]1)c1cscn1. The van der Waals surface area contributed by atoms with Gasteiger partial charge in [0.2, 0.25) is 0 Å². The maximum atomic E-state index is 11.7. The lowest BCUT2D eigenvalue weighted by atomic mass is 10.3. The van der Waals surface area contributed by atoms with Gasteiger partial charge in [-0.2, -0.15) is 0 Å². The molecule has 0 saturated carbocycles. The first kappa shape index (κ1) is 11.9. The van der Waals surface area contributed by atoms with E-state index in [4.69, 9.17) is 0 Å². The van der Waals surface area contributed by atoms with Crippen LogP contribution in [0, 0.1) is 0 Å². The fraction of sp³-hybridized carbons (Fsp3) is 0.154. The van der Waals surface area contributed by atoms with Crippen molar-refractivity contribution < 1.29 is 4.79 Å². The lowest BCUT2D eigenvalue weighted by Crippen LogP contribution is -2.26. The molecule has 0 spiro atoms. The largest absolute Gasteiger partial charge is 0.350 e. The minimum Gasteiger partial charge on any atom is -0.350 e. The number of rotatable bonds is 4. The Balaban J connectivity index is 1.59. The Morgan fingerprint density at radius 1 is 1.37 bits per heavy atom. The number of aromatic amines is 1. The van der Waals surface area contributed by atoms with Crippen LogP contribution in [0.1, 0.15) is 16.3 Å². The molecular formula is C13H12N4OS. The minimum atomic E-state index is -0.141. The van der Waals surface area contributed by atoms with Crippen LogP contribution in [0.4, 0.5) is 0 Å². The molecule has 0 unspecified atom stereocenters. The van der Waals surface area contributed by atoms with E-state index in [1.54, 1.807) is 10.9 Å². The number of fused-ring (bicyclic) bond motifs is 1. The number of aromatic nitrogens is 3. The number of carbonyl (C=O) groups is 1. The highest BCUT2D eigenvalue weighted by molar-refractivity contribution is 7.07. The van der Waals surface area contributed by atoms with Gasteiger partial charge in [-0.3, -0.25) is 4.79 Å². The number of hydrogen-bond acceptors (Lipinski definition) is 4. The lowest BCUT2D eigenvalue weighted by molar-refractivity contribution is 0.0950. The van der Waals surface area contributed by atoms with Gasteiger partial charge in [0.05, 0.1) is 16.5 Å². The molecule has 19 heavy (non-hydrogen) atoms. The molecule has 1 aromatic carbocycles. The summed E-state index contributed by atoms with van der Waals surface area (Å²) in [5, 5.41) is 4.56. The van der Waals surface area contributed by atoms with Crippen LogP contribution in [0.25, 0.3) is 11.0 Å². The highest BCUT2D eigenvalue weighted by atomic mass is 32.1. The number of imidazole rings is 1. The molecule has 0 aliphatic rings. The molecule has 0 atom stereocenters. The van der Waals surface area contributed by atoms with Gasteiger partial charge in [0.25, 0.3) is 5.91 Å². The molecule has 0 aliphatic carbocycles. The highest BCUT2D eigenvalue weighted by Gasteiger charge is 2.07. The van der Waals surface area contributed by atoms with Gasteiger partial charge in [-0.1, -0.05) is 12.1 Å². The summed E-state index contributed by atoms with van der Waals surface area (Å²) in [5.74, 6) is 0.733. The molecule has 0 fully saturated rings. The van der Waals surface area contributed by atoms with E-state index < -0.39 is 0 Å². The van der Waals surface area contributed by atoms with Crippen molar-refractivity contribution in [2.45, 2.75) is 6.42 Å². The third-order valence-corrected chi connectivity index (χ3v) is 3.34. The summed E-state index contributed by atoms with van der Waals surface area (Å²) < 4.78 is 0. The van der Waals surface area contributed by atoms with Crippen LogP contribution in [0.5, 0.6) is 0 Å². The Bertz CT molecular complexity index is 657. The van der Waals surface area contributed by atoms with E-state index in [9.17, 15) is 4.79 Å². The van der Waals surface area contributed by atoms with Gasteiger partial charge in [0, 0.05) is 18.3 Å². The van der Waals surface area contributed by atoms with Crippen LogP contribution in [0.15, 0.2) is 35.2 Å². The first-order valence-corrected chi connectivity index (χ1v) is 6.87. The van der Waals surface area contributed by atoms with E-state index in [2.05, 4.69) is 20.3 Å². The molecule has 2 N–H and O–H groups in total. The fourth-order valence-corrected chi connectivity index (χ4v) is 2.37. The van der Waals surface area contributed by atoms with Crippen molar-refractivity contribution >= 4 is 28.3 Å². The van der Waals surface area contributed by atoms with Gasteiger partial charge in [-0.15, -0.1) is 11.3 Å². The van der Waals surface area contributed by atoms with Crippen molar-refractivity contribution in [1.29, 1.82) is 0 Å². The van der Waals surface area contributed by atoms with Gasteiger partial charge in [-0.25, -0.2) is 9.97 Å². The van der Waals surface area contributed by atoms with Gasteiger partial charge >= 0.3 is 0 Å². The zero-order valence-electron chi connectivity index (χ0n) is 10.1. The number of nitrogens with one attached hydrogen (secondary N) is 2. The fourth-order valence-electron chi connectivity index (χ4n) is 1.83. The molecule has 5 nitrogen and oxygen atoms in total. The molecule has 6 heteroatoms. The van der Waals surface area contributed by atoms with Crippen LogP contribution >= 0.6 is 11.3 Å². The predicted octanol–water partition coefficient (Wildman–Crippen LogP) is 1.99. The highest BCUT2D eigenvalue weighted by Crippen LogP contribution is 2.10. The summed E-state index contributed by atoms with van der Waals surface area (Å²) >= 11 is 1.41. The van der Waals surface area contributed by atoms with Gasteiger partial charge in [0.15, 0.2) is 0 Å². The molecular weight excluding hydrogens is 260 g/mol. The number of nitrogens with zero attached hydrogens (tertiary/aromatic N) is 2. The first-order chi connectivity index (χ1) is 9.33. The standard InChI is InChI=1S/C13H12N4OS/c18-13(11-7-19-8-15-11)14-6-5-12-16-9-3-1-2-4-10(9)17-12/h1-4,7-8H,5-6H2,(H,14,18)(H,16,17). The molecule has 96 valence electrons. The predicted molar refractivity (Wildman–Crippen MR) is 74.2 cm³/mol. The summed E-state index contributed by atoms with van der Waals surface area (Å²) in [7, 11) is 0. The summed E-state index contributed by atoms with van der Waals surface area (Å²) in [6, 6.07) is 7.87. The number of thiazole rings is 1. The van der Waals surface area contributed by atoms with Crippen molar-refractivity contribution in [2.24, 2.45) is 0 Å². The number of hydrogen-bond donors (Lipinski definition) is 2. The van der Waals surface area contributed by atoms with Crippen molar-refractivity contribution in [3.63, 3.8) is 0 Å². The Morgan fingerprint density at radius 3 is 3.05 bits per heavy atom. The first-order valence-electron chi connectivity index (χ1n) is 5.93. The number of para-hydroxylation sites is 2. The van der Waals surface area contributed by atoms with Crippen LogP contribution in [-0.2, 0) is 6.42 Å². The molecule has 2 heterocycles. The second-order valence-electron chi connectivity index (χ2n) is 4.08. The summed E-state index contributed by atoms with van der Waals surface area (Å²) in [6.45, 7) is 0.538. The van der Waals surface area contributed by atoms with E-state index in [0.29, 0.717) is 18.7 Å². The normalized spacial score (nSPS) is 10.7. The van der Waals surface area contributed by atoms with Crippen molar-refractivity contribution in [3.05, 3.63) is 46.7 Å². The molecule has 0 saturated heterocycles. The molecule has 0 aliphatic heterocycles. The zero-order chi connectivity index (χ0) is 13.1. The topological polar surface area (TPSA) is 70.7 Å². The van der Waals surface area contributed by atoms with Crippen molar-refractivity contribution in [2.75, 3.05) is 6.54 Å². The van der Waals surface area contributed by atoms with E-state index in [-0.39, 0.29) is 5.91 Å². The maximum Gasteiger partial charge on any atom is 0.270 e. The van der Waals surface area contributed by atoms with Crippen LogP contribution in [-0.4, -0.2) is 27.4 Å². The van der Waals surface area contributed by atoms with E-state index in [1.165, 1.54) is 11.3 Å². The summed E-state index contributed by atoms with van der Waals surface area (Å²) in [6.07, 6.45) is 0.671. The van der Waals surface area contributed by atoms with Crippen LogP contribution in [0.2, 0.25) is 0 Å². The van der Waals surface area contributed by atoms with E-state index in [1.807, 2.05) is 24.3 Å². The van der Waals surface area contributed by atoms with Crippen molar-refractivity contribution in [3.8, 4) is 0 Å². The Kier molecular flexibility index (Phi) is 3.24. The van der Waals surface area contributed by atoms with Gasteiger partial charge < -0.3 is 10.3 Å². The third kappa shape index (κ3) is 2.63. The second kappa shape index (κ2) is 5.19. The number of carbonyl (C=O) groups excluding carboxylic acids is 1. The number of amides is 1. The van der Waals surface area contributed by atoms with Crippen LogP contribution in [0.3, 0.4) is 0 Å². The molecule has 0 radical (unpaired) electrons. The average molecular weight is 272 g/mol. The minimum absolute atomic E-state index is 0.141. The van der Waals surface area contributed by atoms with Gasteiger partial charge in [-0.05, 0) is 12.1 Å². The monoisotopic (exact) mass is 272 g/mol. The second-order valence-corrected chi connectivity index (χ2v) is 4.80. The molecule has 3 rings (SSSR count). The summed E-state index contributed by atoms with van der Waals surface area (Å²) in [5.41, 5.74) is 4.08. The maximum absolute atomic E-state index is 11.7. The van der Waals surface area contributed by atoms with Crippen LogP contribution < -0.4 is 5.32 Å². The molecule has 3 aromatic rings. The average Bonchev–Trinajstić information content (AvgIpc) is 3.07.